The van der Waals surface area contributed by atoms with Crippen LogP contribution in [-0.4, -0.2) is 13.7 Å². The fourth-order valence-corrected chi connectivity index (χ4v) is 1.78. The van der Waals surface area contributed by atoms with E-state index in [1.165, 1.54) is 4.88 Å². The molecule has 1 N–H and O–H groups in total. The zero-order valence-corrected chi connectivity index (χ0v) is 8.70. The number of ether oxygens (including phenoxy) is 1. The molecule has 0 bridgehead atoms. The van der Waals surface area contributed by atoms with Crippen LogP contribution in [0.4, 0.5) is 0 Å². The first-order chi connectivity index (χ1) is 6.38. The van der Waals surface area contributed by atoms with Gasteiger partial charge in [0.05, 0.1) is 18.5 Å². The van der Waals surface area contributed by atoms with E-state index in [9.17, 15) is 0 Å². The van der Waals surface area contributed by atoms with Crippen LogP contribution in [0.15, 0.2) is 11.4 Å². The molecule has 0 amide bonds. The highest BCUT2D eigenvalue weighted by Gasteiger charge is 2.01. The summed E-state index contributed by atoms with van der Waals surface area (Å²) in [6, 6.07) is 1.98. The lowest BCUT2D eigenvalue weighted by atomic mass is 10.4. The average molecular weight is 195 g/mol. The minimum Gasteiger partial charge on any atom is -0.496 e. The Hall–Kier alpha value is -0.980. The van der Waals surface area contributed by atoms with Crippen molar-refractivity contribution in [3.63, 3.8) is 0 Å². The van der Waals surface area contributed by atoms with Crippen molar-refractivity contribution >= 4 is 11.3 Å². The topological polar surface area (TPSA) is 21.3 Å². The summed E-state index contributed by atoms with van der Waals surface area (Å²) in [6.07, 6.45) is 0. The Morgan fingerprint density at radius 2 is 2.46 bits per heavy atom. The van der Waals surface area contributed by atoms with E-state index < -0.39 is 0 Å². The second kappa shape index (κ2) is 5.63. The van der Waals surface area contributed by atoms with Crippen molar-refractivity contribution in [3.8, 4) is 17.6 Å². The van der Waals surface area contributed by atoms with E-state index in [0.717, 1.165) is 18.8 Å². The minimum absolute atomic E-state index is 0.734. The average Bonchev–Trinajstić information content (AvgIpc) is 2.60. The highest BCUT2D eigenvalue weighted by atomic mass is 32.1. The highest BCUT2D eigenvalue weighted by Crippen LogP contribution is 2.23. The fraction of sp³-hybridized carbons (Fsp3) is 0.400. The van der Waals surface area contributed by atoms with E-state index >= 15 is 0 Å². The molecular formula is C10H13NOS. The maximum atomic E-state index is 5.18. The molecule has 1 aromatic rings. The Morgan fingerprint density at radius 1 is 1.62 bits per heavy atom. The van der Waals surface area contributed by atoms with Crippen molar-refractivity contribution in [1.82, 2.24) is 5.32 Å². The molecule has 0 aliphatic heterocycles. The van der Waals surface area contributed by atoms with Crippen molar-refractivity contribution in [2.75, 3.05) is 13.7 Å². The molecule has 2 nitrogen and oxygen atoms in total. The van der Waals surface area contributed by atoms with Crippen LogP contribution >= 0.6 is 11.3 Å². The summed E-state index contributed by atoms with van der Waals surface area (Å²) >= 11 is 1.70. The SMILES string of the molecule is CC#CCNCc1sccc1OC. The van der Waals surface area contributed by atoms with Crippen LogP contribution in [-0.2, 0) is 6.54 Å². The summed E-state index contributed by atoms with van der Waals surface area (Å²) in [4.78, 5) is 1.22. The number of hydrogen-bond acceptors (Lipinski definition) is 3. The minimum atomic E-state index is 0.734. The second-order valence-electron chi connectivity index (χ2n) is 2.44. The van der Waals surface area contributed by atoms with Gasteiger partial charge in [0.25, 0.3) is 0 Å². The van der Waals surface area contributed by atoms with Gasteiger partial charge in [-0.3, -0.25) is 0 Å². The molecule has 1 heterocycles. The molecule has 3 heteroatoms. The third kappa shape index (κ3) is 3.10. The van der Waals surface area contributed by atoms with Crippen molar-refractivity contribution in [2.45, 2.75) is 13.5 Å². The van der Waals surface area contributed by atoms with Gasteiger partial charge in [0.15, 0.2) is 0 Å². The third-order valence-electron chi connectivity index (χ3n) is 1.60. The molecule has 0 fully saturated rings. The van der Waals surface area contributed by atoms with Gasteiger partial charge in [-0.2, -0.15) is 0 Å². The molecule has 0 saturated heterocycles. The Labute approximate surface area is 82.9 Å². The van der Waals surface area contributed by atoms with Crippen molar-refractivity contribution < 1.29 is 4.74 Å². The molecule has 0 aromatic carbocycles. The molecular weight excluding hydrogens is 182 g/mol. The number of thiophene rings is 1. The highest BCUT2D eigenvalue weighted by molar-refractivity contribution is 7.10. The van der Waals surface area contributed by atoms with Gasteiger partial charge < -0.3 is 10.1 Å². The van der Waals surface area contributed by atoms with E-state index in [2.05, 4.69) is 17.2 Å². The summed E-state index contributed by atoms with van der Waals surface area (Å²) in [5.74, 6) is 6.75. The van der Waals surface area contributed by atoms with Crippen LogP contribution < -0.4 is 10.1 Å². The van der Waals surface area contributed by atoms with E-state index in [4.69, 9.17) is 4.74 Å². The van der Waals surface area contributed by atoms with Gasteiger partial charge in [-0.25, -0.2) is 0 Å². The number of methoxy groups -OCH3 is 1. The Bertz CT molecular complexity index is 308. The smallest absolute Gasteiger partial charge is 0.134 e. The summed E-state index contributed by atoms with van der Waals surface area (Å²) < 4.78 is 5.18. The molecule has 0 unspecified atom stereocenters. The van der Waals surface area contributed by atoms with Gasteiger partial charge in [-0.05, 0) is 18.4 Å². The first-order valence-corrected chi connectivity index (χ1v) is 4.97. The van der Waals surface area contributed by atoms with E-state index in [-0.39, 0.29) is 0 Å². The van der Waals surface area contributed by atoms with Gasteiger partial charge >= 0.3 is 0 Å². The van der Waals surface area contributed by atoms with Gasteiger partial charge in [0.2, 0.25) is 0 Å². The molecule has 1 aromatic heterocycles. The van der Waals surface area contributed by atoms with E-state index in [1.54, 1.807) is 18.4 Å². The largest absolute Gasteiger partial charge is 0.496 e. The van der Waals surface area contributed by atoms with Crippen molar-refractivity contribution in [2.24, 2.45) is 0 Å². The number of nitrogens with one attached hydrogen (secondary N) is 1. The predicted molar refractivity (Wildman–Crippen MR) is 56.0 cm³/mol. The van der Waals surface area contributed by atoms with Gasteiger partial charge in [-0.15, -0.1) is 17.3 Å². The molecule has 0 aliphatic rings. The normalized spacial score (nSPS) is 9.08. The van der Waals surface area contributed by atoms with Crippen LogP contribution in [0.3, 0.4) is 0 Å². The van der Waals surface area contributed by atoms with Crippen molar-refractivity contribution in [3.05, 3.63) is 16.3 Å². The quantitative estimate of drug-likeness (QED) is 0.585. The van der Waals surface area contributed by atoms with Crippen LogP contribution in [0.25, 0.3) is 0 Å². The summed E-state index contributed by atoms with van der Waals surface area (Å²) in [7, 11) is 1.69. The lowest BCUT2D eigenvalue weighted by Crippen LogP contribution is -2.12. The van der Waals surface area contributed by atoms with Gasteiger partial charge in [0, 0.05) is 6.54 Å². The third-order valence-corrected chi connectivity index (χ3v) is 2.50. The van der Waals surface area contributed by atoms with Gasteiger partial charge in [0.1, 0.15) is 5.75 Å². The summed E-state index contributed by atoms with van der Waals surface area (Å²) in [5, 5.41) is 5.25. The van der Waals surface area contributed by atoms with E-state index in [0.29, 0.717) is 0 Å². The first kappa shape index (κ1) is 10.1. The summed E-state index contributed by atoms with van der Waals surface area (Å²) in [6.45, 7) is 3.40. The second-order valence-corrected chi connectivity index (χ2v) is 3.44. The lowest BCUT2D eigenvalue weighted by molar-refractivity contribution is 0.411. The monoisotopic (exact) mass is 195 g/mol. The maximum absolute atomic E-state index is 5.18. The molecule has 0 atom stereocenters. The molecule has 70 valence electrons. The zero-order chi connectivity index (χ0) is 9.52. The van der Waals surface area contributed by atoms with Crippen molar-refractivity contribution in [1.29, 1.82) is 0 Å². The Morgan fingerprint density at radius 3 is 3.15 bits per heavy atom. The van der Waals surface area contributed by atoms with Crippen LogP contribution in [0.1, 0.15) is 11.8 Å². The summed E-state index contributed by atoms with van der Waals surface area (Å²) in [5.41, 5.74) is 0. The number of rotatable bonds is 4. The molecule has 13 heavy (non-hydrogen) atoms. The van der Waals surface area contributed by atoms with Crippen LogP contribution in [0, 0.1) is 11.8 Å². The molecule has 1 rings (SSSR count). The molecule has 0 aliphatic carbocycles. The Balaban J connectivity index is 2.38. The van der Waals surface area contributed by atoms with Gasteiger partial charge in [-0.1, -0.05) is 5.92 Å². The molecule has 0 radical (unpaired) electrons. The van der Waals surface area contributed by atoms with Crippen LogP contribution in [0.2, 0.25) is 0 Å². The number of hydrogen-bond donors (Lipinski definition) is 1. The fourth-order valence-electron chi connectivity index (χ4n) is 0.967. The first-order valence-electron chi connectivity index (χ1n) is 4.09. The zero-order valence-electron chi connectivity index (χ0n) is 7.89. The maximum Gasteiger partial charge on any atom is 0.134 e. The molecule has 0 spiro atoms. The van der Waals surface area contributed by atoms with Crippen LogP contribution in [0.5, 0.6) is 5.75 Å². The predicted octanol–water partition coefficient (Wildman–Crippen LogP) is 1.87. The molecule has 0 saturated carbocycles. The standard InChI is InChI=1S/C10H13NOS/c1-3-4-6-11-8-10-9(12-2)5-7-13-10/h5,7,11H,6,8H2,1-2H3. The Kier molecular flexibility index (Phi) is 4.37. The lowest BCUT2D eigenvalue weighted by Gasteiger charge is -2.01. The van der Waals surface area contributed by atoms with E-state index in [1.807, 2.05) is 18.4 Å².